The van der Waals surface area contributed by atoms with Crippen molar-refractivity contribution in [1.29, 1.82) is 0 Å². The van der Waals surface area contributed by atoms with Crippen LogP contribution in [0.1, 0.15) is 50.3 Å². The van der Waals surface area contributed by atoms with E-state index in [1.54, 1.807) is 0 Å². The van der Waals surface area contributed by atoms with Gasteiger partial charge in [0.1, 0.15) is 0 Å². The minimum atomic E-state index is -0.852. The van der Waals surface area contributed by atoms with Crippen molar-refractivity contribution in [2.45, 2.75) is 45.6 Å². The Labute approximate surface area is 130 Å². The van der Waals surface area contributed by atoms with Crippen molar-refractivity contribution in [2.24, 2.45) is 17.3 Å². The SMILES string of the molecule is CC1(C)CCc2ccccc2C1NC(=O)C1CCC1C(=O)O. The molecule has 1 aromatic carbocycles. The van der Waals surface area contributed by atoms with Crippen molar-refractivity contribution < 1.29 is 14.7 Å². The molecule has 1 aromatic rings. The highest BCUT2D eigenvalue weighted by molar-refractivity contribution is 5.86. The molecule has 0 aromatic heterocycles. The molecule has 2 aliphatic rings. The molecule has 1 saturated carbocycles. The first-order valence-corrected chi connectivity index (χ1v) is 8.01. The maximum Gasteiger partial charge on any atom is 0.307 e. The summed E-state index contributed by atoms with van der Waals surface area (Å²) in [6.07, 6.45) is 3.33. The van der Waals surface area contributed by atoms with Gasteiger partial charge in [-0.15, -0.1) is 0 Å². The maximum absolute atomic E-state index is 12.5. The van der Waals surface area contributed by atoms with Gasteiger partial charge in [-0.25, -0.2) is 0 Å². The van der Waals surface area contributed by atoms with Gasteiger partial charge in [0.05, 0.1) is 17.9 Å². The average molecular weight is 301 g/mol. The molecule has 118 valence electrons. The Kier molecular flexibility index (Phi) is 3.71. The fraction of sp³-hybridized carbons (Fsp3) is 0.556. The van der Waals surface area contributed by atoms with Crippen molar-refractivity contribution in [3.05, 3.63) is 35.4 Å². The van der Waals surface area contributed by atoms with Gasteiger partial charge in [0.2, 0.25) is 5.91 Å². The highest BCUT2D eigenvalue weighted by Crippen LogP contribution is 2.44. The number of carbonyl (C=O) groups is 2. The second kappa shape index (κ2) is 5.41. The fourth-order valence-corrected chi connectivity index (χ4v) is 3.70. The summed E-state index contributed by atoms with van der Waals surface area (Å²) in [6, 6.07) is 8.19. The number of nitrogens with one attached hydrogen (secondary N) is 1. The monoisotopic (exact) mass is 301 g/mol. The third kappa shape index (κ3) is 2.51. The predicted octanol–water partition coefficient (Wildman–Crippen LogP) is 2.93. The minimum absolute atomic E-state index is 0.0213. The molecule has 0 saturated heterocycles. The number of aliphatic carboxylic acids is 1. The zero-order valence-corrected chi connectivity index (χ0v) is 13.1. The number of hydrogen-bond donors (Lipinski definition) is 2. The first-order valence-electron chi connectivity index (χ1n) is 8.01. The van der Waals surface area contributed by atoms with Crippen LogP contribution >= 0.6 is 0 Å². The largest absolute Gasteiger partial charge is 0.481 e. The van der Waals surface area contributed by atoms with Gasteiger partial charge in [-0.1, -0.05) is 38.1 Å². The number of carboxylic acid groups (broad SMARTS) is 1. The quantitative estimate of drug-likeness (QED) is 0.902. The summed E-state index contributed by atoms with van der Waals surface area (Å²) >= 11 is 0. The molecule has 0 radical (unpaired) electrons. The smallest absolute Gasteiger partial charge is 0.307 e. The summed E-state index contributed by atoms with van der Waals surface area (Å²) in [6.45, 7) is 4.34. The van der Waals surface area contributed by atoms with Gasteiger partial charge in [0.15, 0.2) is 0 Å². The van der Waals surface area contributed by atoms with Crippen LogP contribution in [0.2, 0.25) is 0 Å². The van der Waals surface area contributed by atoms with E-state index in [2.05, 4.69) is 31.3 Å². The molecular formula is C18H23NO3. The first-order chi connectivity index (χ1) is 10.4. The zero-order valence-electron chi connectivity index (χ0n) is 13.1. The van der Waals surface area contributed by atoms with Crippen LogP contribution in [0.25, 0.3) is 0 Å². The second-order valence-corrected chi connectivity index (χ2v) is 7.26. The van der Waals surface area contributed by atoms with Crippen LogP contribution in [0.15, 0.2) is 24.3 Å². The van der Waals surface area contributed by atoms with Crippen molar-refractivity contribution in [3.8, 4) is 0 Å². The summed E-state index contributed by atoms with van der Waals surface area (Å²) in [5.74, 6) is -1.84. The van der Waals surface area contributed by atoms with E-state index >= 15 is 0 Å². The lowest BCUT2D eigenvalue weighted by Gasteiger charge is -2.42. The van der Waals surface area contributed by atoms with Gasteiger partial charge >= 0.3 is 5.97 Å². The number of carboxylic acids is 1. The van der Waals surface area contributed by atoms with Gasteiger partial charge in [0.25, 0.3) is 0 Å². The summed E-state index contributed by atoms with van der Waals surface area (Å²) in [7, 11) is 0. The van der Waals surface area contributed by atoms with E-state index in [9.17, 15) is 9.59 Å². The molecule has 0 spiro atoms. The zero-order chi connectivity index (χ0) is 15.9. The summed E-state index contributed by atoms with van der Waals surface area (Å²) in [4.78, 5) is 23.7. The predicted molar refractivity (Wildman–Crippen MR) is 83.3 cm³/mol. The van der Waals surface area contributed by atoms with Crippen molar-refractivity contribution >= 4 is 11.9 Å². The maximum atomic E-state index is 12.5. The Hall–Kier alpha value is -1.84. The molecule has 0 heterocycles. The van der Waals surface area contributed by atoms with Crippen LogP contribution in [0.3, 0.4) is 0 Å². The summed E-state index contributed by atoms with van der Waals surface area (Å²) in [5, 5.41) is 12.3. The molecule has 0 bridgehead atoms. The molecule has 0 aliphatic heterocycles. The van der Waals surface area contributed by atoms with Gasteiger partial charge in [-0.05, 0) is 42.2 Å². The van der Waals surface area contributed by atoms with E-state index in [1.165, 1.54) is 11.1 Å². The van der Waals surface area contributed by atoms with Crippen LogP contribution in [0, 0.1) is 17.3 Å². The number of amides is 1. The van der Waals surface area contributed by atoms with Gasteiger partial charge in [0, 0.05) is 0 Å². The number of benzene rings is 1. The Morgan fingerprint density at radius 3 is 2.50 bits per heavy atom. The molecule has 2 aliphatic carbocycles. The lowest BCUT2D eigenvalue weighted by Crippen LogP contribution is -2.48. The molecule has 1 fully saturated rings. The molecular weight excluding hydrogens is 278 g/mol. The van der Waals surface area contributed by atoms with Crippen molar-refractivity contribution in [1.82, 2.24) is 5.32 Å². The second-order valence-electron chi connectivity index (χ2n) is 7.26. The van der Waals surface area contributed by atoms with Crippen LogP contribution in [-0.2, 0) is 16.0 Å². The molecule has 3 atom stereocenters. The molecule has 4 nitrogen and oxygen atoms in total. The third-order valence-corrected chi connectivity index (χ3v) is 5.40. The van der Waals surface area contributed by atoms with Crippen LogP contribution in [0.5, 0.6) is 0 Å². The van der Waals surface area contributed by atoms with E-state index in [0.717, 1.165) is 12.8 Å². The molecule has 2 N–H and O–H groups in total. The molecule has 3 unspecified atom stereocenters. The highest BCUT2D eigenvalue weighted by atomic mass is 16.4. The molecule has 1 amide bonds. The van der Waals surface area contributed by atoms with E-state index in [4.69, 9.17) is 5.11 Å². The summed E-state index contributed by atoms with van der Waals surface area (Å²) < 4.78 is 0. The van der Waals surface area contributed by atoms with Gasteiger partial charge < -0.3 is 10.4 Å². The highest BCUT2D eigenvalue weighted by Gasteiger charge is 2.44. The molecule has 3 rings (SSSR count). The lowest BCUT2D eigenvalue weighted by atomic mass is 9.69. The number of carbonyl (C=O) groups excluding carboxylic acids is 1. The van der Waals surface area contributed by atoms with Gasteiger partial charge in [-0.3, -0.25) is 9.59 Å². The number of fused-ring (bicyclic) bond motifs is 1. The van der Waals surface area contributed by atoms with E-state index in [-0.39, 0.29) is 23.3 Å². The first kappa shape index (κ1) is 15.1. The Morgan fingerprint density at radius 2 is 1.86 bits per heavy atom. The Balaban J connectivity index is 1.81. The number of hydrogen-bond acceptors (Lipinski definition) is 2. The van der Waals surface area contributed by atoms with Crippen LogP contribution < -0.4 is 5.32 Å². The topological polar surface area (TPSA) is 66.4 Å². The molecule has 4 heteroatoms. The van der Waals surface area contributed by atoms with E-state index in [1.807, 2.05) is 12.1 Å². The van der Waals surface area contributed by atoms with Crippen molar-refractivity contribution in [2.75, 3.05) is 0 Å². The minimum Gasteiger partial charge on any atom is -0.481 e. The fourth-order valence-electron chi connectivity index (χ4n) is 3.70. The van der Waals surface area contributed by atoms with Crippen molar-refractivity contribution in [3.63, 3.8) is 0 Å². The normalized spacial score (nSPS) is 29.1. The average Bonchev–Trinajstić information content (AvgIpc) is 2.40. The third-order valence-electron chi connectivity index (χ3n) is 5.40. The standard InChI is InChI=1S/C18H23NO3/c1-18(2)10-9-11-5-3-4-6-12(11)15(18)19-16(20)13-7-8-14(13)17(21)22/h3-6,13-15H,7-10H2,1-2H3,(H,19,20)(H,21,22). The number of rotatable bonds is 3. The lowest BCUT2D eigenvalue weighted by molar-refractivity contribution is -0.153. The Morgan fingerprint density at radius 1 is 1.18 bits per heavy atom. The van der Waals surface area contributed by atoms with Crippen LogP contribution in [-0.4, -0.2) is 17.0 Å². The summed E-state index contributed by atoms with van der Waals surface area (Å²) in [5.41, 5.74) is 2.45. The number of aryl methyl sites for hydroxylation is 1. The van der Waals surface area contributed by atoms with E-state index < -0.39 is 11.9 Å². The van der Waals surface area contributed by atoms with Crippen LogP contribution in [0.4, 0.5) is 0 Å². The van der Waals surface area contributed by atoms with E-state index in [0.29, 0.717) is 12.8 Å². The van der Waals surface area contributed by atoms with Gasteiger partial charge in [-0.2, -0.15) is 0 Å². The Bertz CT molecular complexity index is 608. The molecule has 22 heavy (non-hydrogen) atoms.